The molecular weight excluding hydrogens is 494 g/mol. The molecule has 3 N–H and O–H groups in total. The molecule has 0 fully saturated rings. The van der Waals surface area contributed by atoms with Crippen LogP contribution in [0.5, 0.6) is 0 Å². The van der Waals surface area contributed by atoms with Crippen molar-refractivity contribution in [1.29, 1.82) is 0 Å². The first-order chi connectivity index (χ1) is 18.7. The van der Waals surface area contributed by atoms with E-state index < -0.39 is 40.5 Å². The standard InChI is InChI=1S/C32H59NO6/c1-5-9-10-11-12-13-14-15-16-17-18-19-20-21-22-23-24-25-26-33(27(6-2)30(34)35,28(7-3)31(36)37)29(8-4)32(38)39/h9-10,27-29H,5-8,11-26H2,1-4H3,(H2-,34,35,36,37,38,39)/p+1/b10-9+. The molecule has 0 aliphatic heterocycles. The zero-order valence-corrected chi connectivity index (χ0v) is 25.5. The number of hydrogen-bond acceptors (Lipinski definition) is 3. The molecular formula is C32H60NO6+. The third kappa shape index (κ3) is 13.8. The Labute approximate surface area is 238 Å². The topological polar surface area (TPSA) is 112 Å². The van der Waals surface area contributed by atoms with Crippen molar-refractivity contribution < 1.29 is 34.2 Å². The van der Waals surface area contributed by atoms with Crippen LogP contribution in [0.1, 0.15) is 150 Å². The van der Waals surface area contributed by atoms with Gasteiger partial charge < -0.3 is 15.3 Å². The number of allylic oxidation sites excluding steroid dienone is 2. The van der Waals surface area contributed by atoms with Gasteiger partial charge in [0.05, 0.1) is 6.54 Å². The first-order valence-electron chi connectivity index (χ1n) is 15.9. The number of unbranched alkanes of at least 4 members (excludes halogenated alkanes) is 14. The number of aliphatic carboxylic acids is 3. The molecule has 0 saturated carbocycles. The van der Waals surface area contributed by atoms with E-state index in [0.29, 0.717) is 6.42 Å². The highest BCUT2D eigenvalue weighted by atomic mass is 16.4. The Bertz CT molecular complexity index is 637. The van der Waals surface area contributed by atoms with Crippen LogP contribution in [0.3, 0.4) is 0 Å². The second kappa shape index (κ2) is 22.9. The van der Waals surface area contributed by atoms with Crippen molar-refractivity contribution in [3.05, 3.63) is 12.2 Å². The maximum Gasteiger partial charge on any atom is 0.362 e. The Morgan fingerprint density at radius 2 is 0.821 bits per heavy atom. The molecule has 0 aliphatic rings. The largest absolute Gasteiger partial charge is 0.477 e. The van der Waals surface area contributed by atoms with Crippen molar-refractivity contribution in [2.24, 2.45) is 0 Å². The molecule has 7 heteroatoms. The molecule has 0 heterocycles. The predicted octanol–water partition coefficient (Wildman–Crippen LogP) is 8.21. The number of nitrogens with zero attached hydrogens (tertiary/aromatic N) is 1. The second-order valence-electron chi connectivity index (χ2n) is 11.1. The van der Waals surface area contributed by atoms with Crippen LogP contribution in [-0.4, -0.2) is 62.4 Å². The summed E-state index contributed by atoms with van der Waals surface area (Å²) in [6.07, 6.45) is 24.1. The average molecular weight is 555 g/mol. The van der Waals surface area contributed by atoms with Crippen LogP contribution >= 0.6 is 0 Å². The molecule has 228 valence electrons. The Morgan fingerprint density at radius 3 is 1.10 bits per heavy atom. The average Bonchev–Trinajstić information content (AvgIpc) is 2.88. The van der Waals surface area contributed by atoms with Crippen molar-refractivity contribution in [2.75, 3.05) is 6.54 Å². The van der Waals surface area contributed by atoms with Gasteiger partial charge in [-0.3, -0.25) is 4.48 Å². The SMILES string of the molecule is CC/C=C/CCCCCCCCCCCCCCCC[N+](C(CC)C(=O)O)(C(CC)C(=O)O)C(CC)C(=O)O. The van der Waals surface area contributed by atoms with Crippen molar-refractivity contribution in [2.45, 2.75) is 168 Å². The van der Waals surface area contributed by atoms with Gasteiger partial charge in [-0.1, -0.05) is 110 Å². The normalized spacial score (nSPS) is 15.6. The first-order valence-corrected chi connectivity index (χ1v) is 15.9. The molecule has 39 heavy (non-hydrogen) atoms. The van der Waals surface area contributed by atoms with Gasteiger partial charge in [0.25, 0.3) is 0 Å². The summed E-state index contributed by atoms with van der Waals surface area (Å²) in [5.74, 6) is -3.34. The van der Waals surface area contributed by atoms with E-state index in [1.54, 1.807) is 20.8 Å². The molecule has 0 aliphatic carbocycles. The summed E-state index contributed by atoms with van der Waals surface area (Å²) in [7, 11) is 0. The minimum absolute atomic E-state index is 0.194. The van der Waals surface area contributed by atoms with Crippen molar-refractivity contribution >= 4 is 17.9 Å². The second-order valence-corrected chi connectivity index (χ2v) is 11.1. The lowest BCUT2D eigenvalue weighted by atomic mass is 9.93. The molecule has 3 unspecified atom stereocenters. The van der Waals surface area contributed by atoms with Gasteiger partial charge in [-0.2, -0.15) is 0 Å². The fourth-order valence-electron chi connectivity index (χ4n) is 6.33. The van der Waals surface area contributed by atoms with Gasteiger partial charge in [-0.05, 0) is 32.1 Å². The Kier molecular flexibility index (Phi) is 21.8. The number of hydrogen-bond donors (Lipinski definition) is 3. The third-order valence-corrected chi connectivity index (χ3v) is 8.32. The molecule has 3 atom stereocenters. The van der Waals surface area contributed by atoms with E-state index in [1.165, 1.54) is 70.6 Å². The summed E-state index contributed by atoms with van der Waals surface area (Å²) >= 11 is 0. The highest BCUT2D eigenvalue weighted by Gasteiger charge is 2.55. The predicted molar refractivity (Wildman–Crippen MR) is 159 cm³/mol. The van der Waals surface area contributed by atoms with Crippen LogP contribution in [0.25, 0.3) is 0 Å². The third-order valence-electron chi connectivity index (χ3n) is 8.32. The number of carboxylic acids is 3. The van der Waals surface area contributed by atoms with E-state index in [-0.39, 0.29) is 25.8 Å². The molecule has 7 nitrogen and oxygen atoms in total. The first kappa shape index (κ1) is 37.1. The molecule has 0 radical (unpaired) electrons. The van der Waals surface area contributed by atoms with Crippen molar-refractivity contribution in [1.82, 2.24) is 0 Å². The molecule has 0 bridgehead atoms. The van der Waals surface area contributed by atoms with Gasteiger partial charge in [0.15, 0.2) is 18.1 Å². The van der Waals surface area contributed by atoms with Crippen LogP contribution in [-0.2, 0) is 14.4 Å². The maximum absolute atomic E-state index is 12.3. The summed E-state index contributed by atoms with van der Waals surface area (Å²) in [4.78, 5) is 36.8. The summed E-state index contributed by atoms with van der Waals surface area (Å²) in [5.41, 5.74) is 0. The Morgan fingerprint density at radius 1 is 0.513 bits per heavy atom. The monoisotopic (exact) mass is 554 g/mol. The van der Waals surface area contributed by atoms with E-state index >= 15 is 0 Å². The number of rotatable bonds is 27. The van der Waals surface area contributed by atoms with Gasteiger partial charge >= 0.3 is 17.9 Å². The minimum Gasteiger partial charge on any atom is -0.477 e. The molecule has 0 amide bonds. The smallest absolute Gasteiger partial charge is 0.362 e. The zero-order valence-electron chi connectivity index (χ0n) is 25.5. The highest BCUT2D eigenvalue weighted by Crippen LogP contribution is 2.32. The van der Waals surface area contributed by atoms with Gasteiger partial charge in [-0.15, -0.1) is 0 Å². The summed E-state index contributed by atoms with van der Waals surface area (Å²) in [6, 6.07) is -3.18. The fraction of sp³-hybridized carbons (Fsp3) is 0.844. The minimum atomic E-state index is -1.11. The molecule has 0 saturated heterocycles. The Balaban J connectivity index is 4.55. The van der Waals surface area contributed by atoms with E-state index in [0.717, 1.165) is 25.7 Å². The number of quaternary nitrogens is 1. The lowest BCUT2D eigenvalue weighted by Crippen LogP contribution is -2.72. The number of carboxylic acid groups (broad SMARTS) is 3. The van der Waals surface area contributed by atoms with Crippen molar-refractivity contribution in [3.8, 4) is 0 Å². The van der Waals surface area contributed by atoms with E-state index in [4.69, 9.17) is 0 Å². The van der Waals surface area contributed by atoms with Crippen LogP contribution in [0, 0.1) is 0 Å². The van der Waals surface area contributed by atoms with Crippen LogP contribution in [0.15, 0.2) is 12.2 Å². The van der Waals surface area contributed by atoms with Gasteiger partial charge in [0.2, 0.25) is 0 Å². The van der Waals surface area contributed by atoms with Crippen molar-refractivity contribution in [3.63, 3.8) is 0 Å². The van der Waals surface area contributed by atoms with Gasteiger partial charge in [0, 0.05) is 19.3 Å². The maximum atomic E-state index is 12.3. The summed E-state index contributed by atoms with van der Waals surface area (Å²) in [6.45, 7) is 7.57. The van der Waals surface area contributed by atoms with Gasteiger partial charge in [0.1, 0.15) is 0 Å². The molecule has 0 rings (SSSR count). The molecule has 0 aromatic carbocycles. The van der Waals surface area contributed by atoms with Crippen LogP contribution in [0.2, 0.25) is 0 Å². The van der Waals surface area contributed by atoms with Gasteiger partial charge in [-0.25, -0.2) is 14.4 Å². The quantitative estimate of drug-likeness (QED) is 0.0536. The number of carbonyl (C=O) groups is 3. The lowest BCUT2D eigenvalue weighted by molar-refractivity contribution is -0.973. The van der Waals surface area contributed by atoms with E-state index in [9.17, 15) is 29.7 Å². The molecule has 0 aromatic rings. The lowest BCUT2D eigenvalue weighted by Gasteiger charge is -2.49. The molecule has 0 spiro atoms. The summed E-state index contributed by atoms with van der Waals surface area (Å²) < 4.78 is -0.403. The van der Waals surface area contributed by atoms with E-state index in [2.05, 4.69) is 19.1 Å². The fourth-order valence-corrected chi connectivity index (χ4v) is 6.33. The molecule has 0 aromatic heterocycles. The summed E-state index contributed by atoms with van der Waals surface area (Å²) in [5, 5.41) is 30.0. The van der Waals surface area contributed by atoms with Crippen LogP contribution < -0.4 is 0 Å². The highest BCUT2D eigenvalue weighted by molar-refractivity contribution is 5.78. The zero-order chi connectivity index (χ0) is 29.5. The Hall–Kier alpha value is -1.89. The van der Waals surface area contributed by atoms with Crippen LogP contribution in [0.4, 0.5) is 0 Å². The van der Waals surface area contributed by atoms with E-state index in [1.807, 2.05) is 0 Å².